The number of aryl methyl sites for hydroxylation is 1. The third kappa shape index (κ3) is 3.61. The summed E-state index contributed by atoms with van der Waals surface area (Å²) in [7, 11) is 0. The minimum atomic E-state index is -0.467. The molecular formula is C19H21FN6O. The van der Waals surface area contributed by atoms with E-state index in [0.717, 1.165) is 31.0 Å². The molecule has 1 aromatic carbocycles. The molecule has 1 aliphatic heterocycles. The first kappa shape index (κ1) is 17.4. The maximum atomic E-state index is 14.5. The molecule has 4 rings (SSSR count). The summed E-state index contributed by atoms with van der Waals surface area (Å²) in [5.41, 5.74) is 2.63. The Kier molecular flexibility index (Phi) is 4.49. The van der Waals surface area contributed by atoms with Crippen LogP contribution in [0.2, 0.25) is 0 Å². The van der Waals surface area contributed by atoms with E-state index in [2.05, 4.69) is 32.4 Å². The molecule has 1 fully saturated rings. The number of hydrogen-bond donors (Lipinski definition) is 2. The number of nitrogens with zero attached hydrogens (tertiary/aromatic N) is 4. The third-order valence-corrected chi connectivity index (χ3v) is 4.63. The second-order valence-electron chi connectivity index (χ2n) is 6.84. The zero-order valence-corrected chi connectivity index (χ0v) is 15.2. The quantitative estimate of drug-likeness (QED) is 0.742. The molecule has 1 atom stereocenters. The lowest BCUT2D eigenvalue weighted by atomic mass is 10.2. The highest BCUT2D eigenvalue weighted by molar-refractivity contribution is 6.02. The molecule has 0 radical (unpaired) electrons. The molecular weight excluding hydrogens is 347 g/mol. The highest BCUT2D eigenvalue weighted by atomic mass is 19.1. The Labute approximate surface area is 156 Å². The average Bonchev–Trinajstić information content (AvgIpc) is 3.02. The highest BCUT2D eigenvalue weighted by Gasteiger charge is 2.18. The summed E-state index contributed by atoms with van der Waals surface area (Å²) in [6, 6.07) is 5.24. The normalized spacial score (nSPS) is 17.3. The summed E-state index contributed by atoms with van der Waals surface area (Å²) in [5.74, 6) is -0.933. The number of fused-ring (bicyclic) bond motifs is 1. The van der Waals surface area contributed by atoms with Gasteiger partial charge in [-0.1, -0.05) is 0 Å². The number of anilines is 2. The number of piperazine rings is 1. The summed E-state index contributed by atoms with van der Waals surface area (Å²) < 4.78 is 16.3. The molecule has 0 aliphatic carbocycles. The van der Waals surface area contributed by atoms with Crippen LogP contribution in [0.15, 0.2) is 36.8 Å². The first-order chi connectivity index (χ1) is 13.0. The first-order valence-corrected chi connectivity index (χ1v) is 8.90. The lowest BCUT2D eigenvalue weighted by molar-refractivity contribution is 0.102. The highest BCUT2D eigenvalue weighted by Crippen LogP contribution is 2.23. The van der Waals surface area contributed by atoms with E-state index < -0.39 is 11.7 Å². The number of hydrogen-bond acceptors (Lipinski definition) is 5. The van der Waals surface area contributed by atoms with Gasteiger partial charge in [-0.3, -0.25) is 4.79 Å². The van der Waals surface area contributed by atoms with Crippen molar-refractivity contribution in [2.45, 2.75) is 19.9 Å². The molecule has 3 aromatic rings. The molecule has 1 saturated heterocycles. The summed E-state index contributed by atoms with van der Waals surface area (Å²) in [6.45, 7) is 6.47. The summed E-state index contributed by atoms with van der Waals surface area (Å²) >= 11 is 0. The molecule has 0 bridgehead atoms. The Bertz CT molecular complexity index is 1000. The maximum Gasteiger partial charge on any atom is 0.275 e. The van der Waals surface area contributed by atoms with Gasteiger partial charge in [0.05, 0.1) is 17.6 Å². The lowest BCUT2D eigenvalue weighted by Gasteiger charge is -2.33. The number of carbonyl (C=O) groups is 1. The molecule has 2 N–H and O–H groups in total. The molecule has 27 heavy (non-hydrogen) atoms. The van der Waals surface area contributed by atoms with E-state index >= 15 is 0 Å². The van der Waals surface area contributed by atoms with Crippen molar-refractivity contribution in [2.75, 3.05) is 29.9 Å². The van der Waals surface area contributed by atoms with Crippen molar-refractivity contribution >= 4 is 22.9 Å². The van der Waals surface area contributed by atoms with Gasteiger partial charge in [-0.05, 0) is 32.0 Å². The van der Waals surface area contributed by atoms with Crippen LogP contribution >= 0.6 is 0 Å². The van der Waals surface area contributed by atoms with Gasteiger partial charge in [0.2, 0.25) is 0 Å². The molecule has 140 valence electrons. The van der Waals surface area contributed by atoms with Gasteiger partial charge in [-0.2, -0.15) is 0 Å². The summed E-state index contributed by atoms with van der Waals surface area (Å²) in [6.07, 6.45) is 4.91. The van der Waals surface area contributed by atoms with Crippen molar-refractivity contribution in [3.8, 4) is 0 Å². The Hall–Kier alpha value is -3.00. The van der Waals surface area contributed by atoms with Crippen molar-refractivity contribution in [2.24, 2.45) is 0 Å². The van der Waals surface area contributed by atoms with Crippen LogP contribution in [-0.4, -0.2) is 46.0 Å². The Morgan fingerprint density at radius 1 is 1.37 bits per heavy atom. The minimum absolute atomic E-state index is 0.135. The minimum Gasteiger partial charge on any atom is -0.369 e. The molecule has 0 spiro atoms. The van der Waals surface area contributed by atoms with Crippen molar-refractivity contribution in [1.82, 2.24) is 19.7 Å². The van der Waals surface area contributed by atoms with Crippen molar-refractivity contribution in [1.29, 1.82) is 0 Å². The van der Waals surface area contributed by atoms with Crippen LogP contribution in [0.3, 0.4) is 0 Å². The lowest BCUT2D eigenvalue weighted by Crippen LogP contribution is -2.49. The number of amides is 1. The number of aromatic nitrogens is 3. The van der Waals surface area contributed by atoms with Crippen LogP contribution in [0, 0.1) is 12.7 Å². The Morgan fingerprint density at radius 2 is 2.22 bits per heavy atom. The van der Waals surface area contributed by atoms with E-state index in [1.165, 1.54) is 12.3 Å². The van der Waals surface area contributed by atoms with E-state index in [4.69, 9.17) is 0 Å². The predicted molar refractivity (Wildman–Crippen MR) is 102 cm³/mol. The molecule has 1 unspecified atom stereocenters. The summed E-state index contributed by atoms with van der Waals surface area (Å²) in [4.78, 5) is 23.0. The number of nitrogens with one attached hydrogen (secondary N) is 2. The second kappa shape index (κ2) is 6.96. The maximum absolute atomic E-state index is 14.5. The van der Waals surface area contributed by atoms with Crippen molar-refractivity contribution in [3.05, 3.63) is 54.0 Å². The van der Waals surface area contributed by atoms with Crippen LogP contribution in [0.25, 0.3) is 5.65 Å². The van der Waals surface area contributed by atoms with Gasteiger partial charge in [-0.15, -0.1) is 0 Å². The smallest absolute Gasteiger partial charge is 0.275 e. The van der Waals surface area contributed by atoms with Gasteiger partial charge >= 0.3 is 0 Å². The van der Waals surface area contributed by atoms with Crippen molar-refractivity contribution < 1.29 is 9.18 Å². The van der Waals surface area contributed by atoms with Gasteiger partial charge in [0.25, 0.3) is 5.91 Å². The molecule has 0 saturated carbocycles. The van der Waals surface area contributed by atoms with Crippen LogP contribution in [0.5, 0.6) is 0 Å². The zero-order chi connectivity index (χ0) is 19.0. The van der Waals surface area contributed by atoms with Gasteiger partial charge in [0.15, 0.2) is 5.65 Å². The molecule has 1 amide bonds. The zero-order valence-electron chi connectivity index (χ0n) is 15.2. The largest absolute Gasteiger partial charge is 0.369 e. The first-order valence-electron chi connectivity index (χ1n) is 8.90. The third-order valence-electron chi connectivity index (χ3n) is 4.63. The Morgan fingerprint density at radius 3 is 3.00 bits per heavy atom. The number of rotatable bonds is 3. The monoisotopic (exact) mass is 368 g/mol. The van der Waals surface area contributed by atoms with E-state index in [1.54, 1.807) is 22.9 Å². The van der Waals surface area contributed by atoms with Crippen molar-refractivity contribution in [3.63, 3.8) is 0 Å². The van der Waals surface area contributed by atoms with Crippen LogP contribution in [0.4, 0.5) is 15.8 Å². The number of carbonyl (C=O) groups excluding carboxylic acids is 1. The predicted octanol–water partition coefficient (Wildman–Crippen LogP) is 2.23. The summed E-state index contributed by atoms with van der Waals surface area (Å²) in [5, 5.41) is 5.96. The van der Waals surface area contributed by atoms with Crippen LogP contribution < -0.4 is 15.5 Å². The molecule has 3 heterocycles. The number of benzene rings is 1. The fourth-order valence-electron chi connectivity index (χ4n) is 3.30. The standard InChI is InChI=1S/C19H21FN6O/c1-12-9-25(6-5-21-12)14-3-4-16(15(20)7-14)24-19(27)17-11-26-10-13(2)23-18(26)8-22-17/h3-4,7-8,10-12,21H,5-6,9H2,1-2H3,(H,24,27). The van der Waals surface area contributed by atoms with Gasteiger partial charge < -0.3 is 19.9 Å². The van der Waals surface area contributed by atoms with Gasteiger partial charge in [-0.25, -0.2) is 14.4 Å². The molecule has 7 nitrogen and oxygen atoms in total. The molecule has 8 heteroatoms. The number of imidazole rings is 1. The van der Waals surface area contributed by atoms with Gasteiger partial charge in [0.1, 0.15) is 11.5 Å². The number of halogens is 1. The van der Waals surface area contributed by atoms with Crippen LogP contribution in [-0.2, 0) is 0 Å². The second-order valence-corrected chi connectivity index (χ2v) is 6.84. The molecule has 1 aliphatic rings. The average molecular weight is 368 g/mol. The van der Waals surface area contributed by atoms with E-state index in [1.807, 2.05) is 13.0 Å². The van der Waals surface area contributed by atoms with Gasteiger partial charge in [0, 0.05) is 43.8 Å². The van der Waals surface area contributed by atoms with E-state index in [0.29, 0.717) is 11.7 Å². The van der Waals surface area contributed by atoms with E-state index in [9.17, 15) is 9.18 Å². The van der Waals surface area contributed by atoms with Crippen LogP contribution in [0.1, 0.15) is 23.1 Å². The fraction of sp³-hybridized carbons (Fsp3) is 0.316. The molecule has 2 aromatic heterocycles. The fourth-order valence-corrected chi connectivity index (χ4v) is 3.30. The Balaban J connectivity index is 1.51. The van der Waals surface area contributed by atoms with E-state index in [-0.39, 0.29) is 11.4 Å². The topological polar surface area (TPSA) is 74.6 Å². The SMILES string of the molecule is Cc1cn2cc(C(=O)Nc3ccc(N4CCNC(C)C4)cc3F)ncc2n1.